The molecule has 0 saturated carbocycles. The van der Waals surface area contributed by atoms with Gasteiger partial charge in [-0.25, -0.2) is 4.98 Å². The van der Waals surface area contributed by atoms with Crippen molar-refractivity contribution >= 4 is 34.2 Å². The highest BCUT2D eigenvalue weighted by Gasteiger charge is 2.30. The van der Waals surface area contributed by atoms with Crippen LogP contribution < -0.4 is 10.3 Å². The first-order chi connectivity index (χ1) is 9.76. The number of ether oxygens (including phenoxy) is 1. The molecular weight excluding hydrogens is 423 g/mol. The summed E-state index contributed by atoms with van der Waals surface area (Å²) >= 11 is 7.50. The van der Waals surface area contributed by atoms with E-state index >= 15 is 0 Å². The summed E-state index contributed by atoms with van der Waals surface area (Å²) in [4.78, 5) is 15.8. The van der Waals surface area contributed by atoms with Gasteiger partial charge in [-0.2, -0.15) is 0 Å². The van der Waals surface area contributed by atoms with Crippen molar-refractivity contribution < 1.29 is 17.9 Å². The van der Waals surface area contributed by atoms with E-state index in [0.29, 0.717) is 5.56 Å². The Morgan fingerprint density at radius 1 is 1.29 bits per heavy atom. The average Bonchev–Trinajstić information content (AvgIpc) is 2.40. The Kier molecular flexibility index (Phi) is 4.77. The first-order valence-electron chi connectivity index (χ1n) is 5.51. The number of nitrogens with zero attached hydrogens (tertiary/aromatic N) is 2. The number of alkyl halides is 3. The van der Waals surface area contributed by atoms with Crippen LogP contribution in [-0.4, -0.2) is 15.9 Å². The zero-order valence-corrected chi connectivity index (χ0v) is 13.1. The lowest BCUT2D eigenvalue weighted by atomic mass is 10.2. The molecule has 2 rings (SSSR count). The Morgan fingerprint density at radius 2 is 1.90 bits per heavy atom. The van der Waals surface area contributed by atoms with Crippen molar-refractivity contribution in [3.05, 3.63) is 55.2 Å². The SMILES string of the molecule is O=c1c(I)c(Cl)ncn1Cc1ccc(OC(F)(F)F)cc1. The molecule has 0 unspecified atom stereocenters. The molecule has 112 valence electrons. The number of hydrogen-bond donors (Lipinski definition) is 0. The number of benzene rings is 1. The number of rotatable bonds is 3. The molecule has 0 bridgehead atoms. The van der Waals surface area contributed by atoms with Crippen LogP contribution in [0.4, 0.5) is 13.2 Å². The third-order valence-corrected chi connectivity index (χ3v) is 4.03. The predicted octanol–water partition coefficient (Wildman–Crippen LogP) is 3.45. The van der Waals surface area contributed by atoms with Crippen LogP contribution in [0.1, 0.15) is 5.56 Å². The van der Waals surface area contributed by atoms with Crippen molar-refractivity contribution in [2.45, 2.75) is 12.9 Å². The summed E-state index contributed by atoms with van der Waals surface area (Å²) in [6.45, 7) is 0.172. The molecule has 0 amide bonds. The van der Waals surface area contributed by atoms with E-state index in [1.807, 2.05) is 0 Å². The second-order valence-corrected chi connectivity index (χ2v) is 5.41. The zero-order chi connectivity index (χ0) is 15.6. The van der Waals surface area contributed by atoms with E-state index in [1.165, 1.54) is 35.2 Å². The Labute approximate surface area is 135 Å². The predicted molar refractivity (Wildman–Crippen MR) is 78.5 cm³/mol. The molecule has 0 aliphatic carbocycles. The van der Waals surface area contributed by atoms with Gasteiger partial charge in [0, 0.05) is 0 Å². The Morgan fingerprint density at radius 3 is 2.48 bits per heavy atom. The van der Waals surface area contributed by atoms with Gasteiger partial charge in [0.05, 0.1) is 12.9 Å². The molecule has 0 N–H and O–H groups in total. The minimum absolute atomic E-state index is 0.116. The molecule has 2 aromatic rings. The van der Waals surface area contributed by atoms with Crippen LogP contribution in [0.2, 0.25) is 5.15 Å². The molecule has 9 heteroatoms. The monoisotopic (exact) mass is 430 g/mol. The Balaban J connectivity index is 2.18. The lowest BCUT2D eigenvalue weighted by Crippen LogP contribution is -2.23. The molecular formula is C12H7ClF3IN2O2. The second-order valence-electron chi connectivity index (χ2n) is 3.97. The van der Waals surface area contributed by atoms with E-state index < -0.39 is 6.36 Å². The van der Waals surface area contributed by atoms with E-state index in [2.05, 4.69) is 9.72 Å². The van der Waals surface area contributed by atoms with Crippen LogP contribution in [0, 0.1) is 3.57 Å². The Bertz CT molecular complexity index is 701. The summed E-state index contributed by atoms with van der Waals surface area (Å²) in [5.74, 6) is -0.317. The lowest BCUT2D eigenvalue weighted by molar-refractivity contribution is -0.274. The fraction of sp³-hybridized carbons (Fsp3) is 0.167. The molecule has 0 saturated heterocycles. The van der Waals surface area contributed by atoms with Crippen molar-refractivity contribution in [1.82, 2.24) is 9.55 Å². The van der Waals surface area contributed by atoms with Crippen LogP contribution >= 0.6 is 34.2 Å². The van der Waals surface area contributed by atoms with Gasteiger partial charge >= 0.3 is 6.36 Å². The Hall–Kier alpha value is -1.29. The molecule has 1 heterocycles. The van der Waals surface area contributed by atoms with Crippen LogP contribution in [0.15, 0.2) is 35.4 Å². The van der Waals surface area contributed by atoms with Crippen LogP contribution in [-0.2, 0) is 6.54 Å². The van der Waals surface area contributed by atoms with Gasteiger partial charge in [0.15, 0.2) is 0 Å². The fourth-order valence-electron chi connectivity index (χ4n) is 1.55. The third-order valence-electron chi connectivity index (χ3n) is 2.45. The maximum absolute atomic E-state index is 12.0. The smallest absolute Gasteiger partial charge is 0.406 e. The van der Waals surface area contributed by atoms with Gasteiger partial charge in [-0.3, -0.25) is 9.36 Å². The van der Waals surface area contributed by atoms with E-state index in [4.69, 9.17) is 11.6 Å². The summed E-state index contributed by atoms with van der Waals surface area (Å²) in [5, 5.41) is 0.116. The minimum atomic E-state index is -4.73. The van der Waals surface area contributed by atoms with Gasteiger partial charge < -0.3 is 4.74 Å². The summed E-state index contributed by atoms with van der Waals surface area (Å²) in [5.41, 5.74) is 0.317. The summed E-state index contributed by atoms with van der Waals surface area (Å²) in [7, 11) is 0. The van der Waals surface area contributed by atoms with Crippen molar-refractivity contribution in [3.8, 4) is 5.75 Å². The van der Waals surface area contributed by atoms with Crippen LogP contribution in [0.3, 0.4) is 0 Å². The lowest BCUT2D eigenvalue weighted by Gasteiger charge is -2.10. The van der Waals surface area contributed by atoms with E-state index in [9.17, 15) is 18.0 Å². The highest BCUT2D eigenvalue weighted by atomic mass is 127. The van der Waals surface area contributed by atoms with Gasteiger partial charge in [0.1, 0.15) is 14.5 Å². The molecule has 1 aromatic carbocycles. The van der Waals surface area contributed by atoms with Crippen LogP contribution in [0.5, 0.6) is 5.75 Å². The molecule has 0 spiro atoms. The molecule has 0 radical (unpaired) electrons. The zero-order valence-electron chi connectivity index (χ0n) is 10.2. The maximum atomic E-state index is 12.0. The molecule has 0 aliphatic heterocycles. The van der Waals surface area contributed by atoms with Gasteiger partial charge in [0.2, 0.25) is 0 Å². The fourth-order valence-corrected chi connectivity index (χ4v) is 2.12. The highest BCUT2D eigenvalue weighted by Crippen LogP contribution is 2.22. The largest absolute Gasteiger partial charge is 0.573 e. The van der Waals surface area contributed by atoms with E-state index in [-0.39, 0.29) is 26.6 Å². The summed E-state index contributed by atoms with van der Waals surface area (Å²) in [6.07, 6.45) is -3.44. The van der Waals surface area contributed by atoms with Crippen LogP contribution in [0.25, 0.3) is 0 Å². The molecule has 21 heavy (non-hydrogen) atoms. The third kappa shape index (κ3) is 4.34. The first-order valence-corrected chi connectivity index (χ1v) is 6.97. The standard InChI is InChI=1S/C12H7ClF3IN2O2/c13-10-9(17)11(20)19(6-18-10)5-7-1-3-8(4-2-7)21-12(14,15)16/h1-4,6H,5H2. The molecule has 4 nitrogen and oxygen atoms in total. The minimum Gasteiger partial charge on any atom is -0.406 e. The molecule has 0 aliphatic rings. The molecule has 0 atom stereocenters. The van der Waals surface area contributed by atoms with Gasteiger partial charge in [-0.15, -0.1) is 13.2 Å². The van der Waals surface area contributed by atoms with Gasteiger partial charge in [-0.05, 0) is 40.3 Å². The maximum Gasteiger partial charge on any atom is 0.573 e. The number of aromatic nitrogens is 2. The molecule has 1 aromatic heterocycles. The first kappa shape index (κ1) is 16.1. The van der Waals surface area contributed by atoms with Gasteiger partial charge in [-0.1, -0.05) is 23.7 Å². The van der Waals surface area contributed by atoms with Crippen molar-refractivity contribution in [3.63, 3.8) is 0 Å². The topological polar surface area (TPSA) is 44.1 Å². The van der Waals surface area contributed by atoms with Crippen molar-refractivity contribution in [2.24, 2.45) is 0 Å². The normalized spacial score (nSPS) is 11.5. The summed E-state index contributed by atoms with van der Waals surface area (Å²) < 4.78 is 41.5. The highest BCUT2D eigenvalue weighted by molar-refractivity contribution is 14.1. The average molecular weight is 431 g/mol. The second kappa shape index (κ2) is 6.22. The summed E-state index contributed by atoms with van der Waals surface area (Å²) in [6, 6.07) is 5.24. The van der Waals surface area contributed by atoms with Crippen molar-refractivity contribution in [2.75, 3.05) is 0 Å². The molecule has 0 fully saturated rings. The van der Waals surface area contributed by atoms with Gasteiger partial charge in [0.25, 0.3) is 5.56 Å². The number of halogens is 5. The van der Waals surface area contributed by atoms with Crippen molar-refractivity contribution in [1.29, 1.82) is 0 Å². The quantitative estimate of drug-likeness (QED) is 0.554. The van der Waals surface area contributed by atoms with E-state index in [1.54, 1.807) is 22.6 Å². The number of hydrogen-bond acceptors (Lipinski definition) is 3. The van der Waals surface area contributed by atoms with E-state index in [0.717, 1.165) is 0 Å².